The zero-order valence-corrected chi connectivity index (χ0v) is 20.2. The van der Waals surface area contributed by atoms with Crippen molar-refractivity contribution in [2.75, 3.05) is 19.6 Å². The summed E-state index contributed by atoms with van der Waals surface area (Å²) in [6.45, 7) is 9.43. The maximum absolute atomic E-state index is 11.8. The maximum Gasteiger partial charge on any atom is 0.179 e. The fourth-order valence-corrected chi connectivity index (χ4v) is 9.38. The summed E-state index contributed by atoms with van der Waals surface area (Å²) in [6.07, 6.45) is 9.49. The van der Waals surface area contributed by atoms with E-state index >= 15 is 0 Å². The summed E-state index contributed by atoms with van der Waals surface area (Å²) in [6, 6.07) is 0. The first-order chi connectivity index (χ1) is 13.2. The van der Waals surface area contributed by atoms with E-state index in [2.05, 4.69) is 40.2 Å². The summed E-state index contributed by atoms with van der Waals surface area (Å²) in [5.74, 6) is 1.37. The number of aliphatic hydroxyl groups excluding tert-OH is 1. The van der Waals surface area contributed by atoms with Crippen LogP contribution in [0.25, 0.3) is 0 Å². The van der Waals surface area contributed by atoms with Gasteiger partial charge in [0.15, 0.2) is 5.79 Å². The number of fused-ring (bicyclic) bond motifs is 1. The SMILES string of the molecule is CO[C@@]12O[C@]34C[C@@H](C)CC[C@@H]3[C@@](C)(CC[C@H]1C(C)C)[C@@H]2C(=C(SC)SC)[C@H]4O. The Labute approximate surface area is 179 Å². The Hall–Kier alpha value is 0.320. The molecule has 0 aromatic heterocycles. The van der Waals surface area contributed by atoms with E-state index in [-0.39, 0.29) is 11.3 Å². The van der Waals surface area contributed by atoms with Crippen molar-refractivity contribution in [3.63, 3.8) is 0 Å². The van der Waals surface area contributed by atoms with Gasteiger partial charge in [-0.2, -0.15) is 0 Å². The number of hydrogen-bond donors (Lipinski definition) is 1. The lowest BCUT2D eigenvalue weighted by atomic mass is 9.40. The summed E-state index contributed by atoms with van der Waals surface area (Å²) in [5, 5.41) is 11.8. The third-order valence-electron chi connectivity index (χ3n) is 8.72. The summed E-state index contributed by atoms with van der Waals surface area (Å²) >= 11 is 3.57. The van der Waals surface area contributed by atoms with Crippen LogP contribution < -0.4 is 0 Å². The number of aliphatic hydroxyl groups is 1. The molecule has 1 spiro atoms. The fraction of sp³-hybridized carbons (Fsp3) is 0.913. The van der Waals surface area contributed by atoms with Crippen LogP contribution in [0.5, 0.6) is 0 Å². The van der Waals surface area contributed by atoms with Gasteiger partial charge in [-0.25, -0.2) is 0 Å². The van der Waals surface area contributed by atoms with Crippen molar-refractivity contribution in [2.24, 2.45) is 35.0 Å². The highest BCUT2D eigenvalue weighted by Gasteiger charge is 2.78. The molecule has 3 nitrogen and oxygen atoms in total. The van der Waals surface area contributed by atoms with Crippen LogP contribution in [0.1, 0.15) is 59.8 Å². The van der Waals surface area contributed by atoms with E-state index in [0.29, 0.717) is 23.7 Å². The molecule has 28 heavy (non-hydrogen) atoms. The van der Waals surface area contributed by atoms with E-state index in [1.807, 2.05) is 7.11 Å². The largest absolute Gasteiger partial charge is 0.386 e. The number of thioether (sulfide) groups is 2. The minimum atomic E-state index is -0.611. The molecule has 5 rings (SSSR count). The summed E-state index contributed by atoms with van der Waals surface area (Å²) < 4.78 is 14.9. The van der Waals surface area contributed by atoms with Gasteiger partial charge < -0.3 is 14.6 Å². The van der Waals surface area contributed by atoms with Crippen LogP contribution in [0, 0.1) is 35.0 Å². The quantitative estimate of drug-likeness (QED) is 0.639. The van der Waals surface area contributed by atoms with E-state index in [1.165, 1.54) is 29.1 Å². The van der Waals surface area contributed by atoms with Crippen LogP contribution in [0.2, 0.25) is 0 Å². The van der Waals surface area contributed by atoms with Gasteiger partial charge in [0.2, 0.25) is 0 Å². The molecule has 0 aromatic rings. The van der Waals surface area contributed by atoms with Gasteiger partial charge in [0.25, 0.3) is 0 Å². The molecule has 0 amide bonds. The normalized spacial score (nSPS) is 50.0. The average Bonchev–Trinajstić information content (AvgIpc) is 2.64. The summed E-state index contributed by atoms with van der Waals surface area (Å²) in [7, 11) is 1.85. The topological polar surface area (TPSA) is 38.7 Å². The molecule has 8 atom stereocenters. The van der Waals surface area contributed by atoms with Crippen LogP contribution >= 0.6 is 23.5 Å². The molecule has 160 valence electrons. The molecule has 2 aliphatic heterocycles. The Kier molecular flexibility index (Phi) is 5.53. The highest BCUT2D eigenvalue weighted by molar-refractivity contribution is 8.21. The molecule has 2 saturated heterocycles. The van der Waals surface area contributed by atoms with E-state index < -0.39 is 17.5 Å². The molecule has 3 aliphatic carbocycles. The number of methoxy groups -OCH3 is 1. The standard InChI is InChI=1S/C23H38O3S2/c1-13(2)15-10-11-21(4)16-9-8-14(3)12-22(16)19(24)17(20(27-6)28-7)18(21)23(15,25-5)26-22/h13-16,18-19,24H,8-12H2,1-7H3/t14-,15-,16+,18-,19+,21+,22+,23+/m0/s1. The summed E-state index contributed by atoms with van der Waals surface area (Å²) in [5.41, 5.74) is 0.855. The van der Waals surface area contributed by atoms with Crippen LogP contribution in [-0.2, 0) is 9.47 Å². The molecule has 2 heterocycles. The Balaban J connectivity index is 2.00. The third kappa shape index (κ3) is 2.55. The monoisotopic (exact) mass is 426 g/mol. The third-order valence-corrected chi connectivity index (χ3v) is 10.9. The first-order valence-corrected chi connectivity index (χ1v) is 13.4. The van der Waals surface area contributed by atoms with Gasteiger partial charge in [0.05, 0.1) is 0 Å². The fourth-order valence-electron chi connectivity index (χ4n) is 7.79. The van der Waals surface area contributed by atoms with Gasteiger partial charge in [-0.05, 0) is 66.9 Å². The predicted octanol–water partition coefficient (Wildman–Crippen LogP) is 5.53. The van der Waals surface area contributed by atoms with Crippen molar-refractivity contribution in [1.82, 2.24) is 0 Å². The molecule has 5 aliphatic rings. The van der Waals surface area contributed by atoms with Gasteiger partial charge in [-0.15, -0.1) is 23.5 Å². The van der Waals surface area contributed by atoms with Crippen molar-refractivity contribution in [2.45, 2.75) is 77.3 Å². The lowest BCUT2D eigenvalue weighted by Crippen LogP contribution is -2.80. The van der Waals surface area contributed by atoms with Crippen LogP contribution in [0.4, 0.5) is 0 Å². The minimum absolute atomic E-state index is 0.130. The van der Waals surface area contributed by atoms with Crippen LogP contribution in [-0.4, -0.2) is 42.2 Å². The molecule has 5 heteroatoms. The van der Waals surface area contributed by atoms with Gasteiger partial charge in [-0.1, -0.05) is 34.1 Å². The van der Waals surface area contributed by atoms with Gasteiger partial charge in [0, 0.05) is 23.2 Å². The lowest BCUT2D eigenvalue weighted by molar-refractivity contribution is -0.445. The van der Waals surface area contributed by atoms with E-state index in [0.717, 1.165) is 12.8 Å². The number of ether oxygens (including phenoxy) is 2. The molecular weight excluding hydrogens is 388 g/mol. The van der Waals surface area contributed by atoms with Crippen molar-refractivity contribution in [1.29, 1.82) is 0 Å². The predicted molar refractivity (Wildman–Crippen MR) is 119 cm³/mol. The molecule has 3 saturated carbocycles. The second kappa shape index (κ2) is 7.19. The number of rotatable bonds is 4. The van der Waals surface area contributed by atoms with Crippen molar-refractivity contribution in [3.8, 4) is 0 Å². The first kappa shape index (κ1) is 21.5. The highest BCUT2D eigenvalue weighted by Crippen LogP contribution is 2.74. The summed E-state index contributed by atoms with van der Waals surface area (Å²) in [4.78, 5) is 0. The van der Waals surface area contributed by atoms with Crippen molar-refractivity contribution in [3.05, 3.63) is 9.81 Å². The Bertz CT molecular complexity index is 658. The maximum atomic E-state index is 11.8. The molecular formula is C23H38O3S2. The van der Waals surface area contributed by atoms with E-state index in [4.69, 9.17) is 9.47 Å². The molecule has 5 fully saturated rings. The molecule has 0 radical (unpaired) electrons. The Morgan fingerprint density at radius 1 is 1.21 bits per heavy atom. The second-order valence-electron chi connectivity index (χ2n) is 10.3. The van der Waals surface area contributed by atoms with E-state index in [9.17, 15) is 5.11 Å². The van der Waals surface area contributed by atoms with Gasteiger partial charge >= 0.3 is 0 Å². The average molecular weight is 427 g/mol. The highest BCUT2D eigenvalue weighted by atomic mass is 32.2. The van der Waals surface area contributed by atoms with Crippen molar-refractivity contribution >= 4 is 23.5 Å². The second-order valence-corrected chi connectivity index (χ2v) is 12.2. The zero-order valence-electron chi connectivity index (χ0n) is 18.6. The van der Waals surface area contributed by atoms with Crippen LogP contribution in [0.3, 0.4) is 0 Å². The smallest absolute Gasteiger partial charge is 0.179 e. The van der Waals surface area contributed by atoms with Gasteiger partial charge in [0.1, 0.15) is 11.7 Å². The molecule has 4 bridgehead atoms. The Morgan fingerprint density at radius 2 is 1.89 bits per heavy atom. The molecule has 0 unspecified atom stereocenters. The lowest BCUT2D eigenvalue weighted by Gasteiger charge is -2.75. The first-order valence-electron chi connectivity index (χ1n) is 11.0. The van der Waals surface area contributed by atoms with Crippen molar-refractivity contribution < 1.29 is 14.6 Å². The number of hydrogen-bond acceptors (Lipinski definition) is 5. The van der Waals surface area contributed by atoms with Crippen LogP contribution in [0.15, 0.2) is 9.81 Å². The minimum Gasteiger partial charge on any atom is -0.386 e. The van der Waals surface area contributed by atoms with Gasteiger partial charge in [-0.3, -0.25) is 0 Å². The molecule has 0 aromatic carbocycles. The zero-order chi connectivity index (χ0) is 20.5. The van der Waals surface area contributed by atoms with E-state index in [1.54, 1.807) is 23.5 Å². The Morgan fingerprint density at radius 3 is 2.46 bits per heavy atom. The molecule has 1 N–H and O–H groups in total.